The molecule has 2 unspecified atom stereocenters. The second-order valence-corrected chi connectivity index (χ2v) is 7.34. The maximum Gasteiger partial charge on any atom is 0.261 e. The Morgan fingerprint density at radius 2 is 2.00 bits per heavy atom. The van der Waals surface area contributed by atoms with Crippen molar-refractivity contribution in [1.82, 2.24) is 5.32 Å². The number of carbonyl (C=O) groups is 1. The molecule has 1 N–H and O–H groups in total. The van der Waals surface area contributed by atoms with Crippen molar-refractivity contribution >= 4 is 28.8 Å². The Bertz CT molecular complexity index is 447. The molecule has 2 aliphatic carbocycles. The molecule has 2 atom stereocenters. The average molecular weight is 298 g/mol. The molecular weight excluding hydrogens is 278 g/mol. The lowest BCUT2D eigenvalue weighted by molar-refractivity contribution is 0.0933. The Morgan fingerprint density at radius 3 is 2.79 bits per heavy atom. The number of halogens is 1. The third kappa shape index (κ3) is 2.97. The number of carbonyl (C=O) groups excluding carboxylic acids is 1. The van der Waals surface area contributed by atoms with E-state index in [9.17, 15) is 4.79 Å². The van der Waals surface area contributed by atoms with E-state index in [4.69, 9.17) is 11.6 Å². The molecule has 0 saturated heterocycles. The summed E-state index contributed by atoms with van der Waals surface area (Å²) < 4.78 is 0. The molecule has 1 saturated carbocycles. The summed E-state index contributed by atoms with van der Waals surface area (Å²) in [5.41, 5.74) is 1.40. The molecule has 3 rings (SSSR count). The molecule has 0 aliphatic heterocycles. The fourth-order valence-corrected chi connectivity index (χ4v) is 4.59. The molecule has 1 fully saturated rings. The highest BCUT2D eigenvalue weighted by atomic mass is 35.5. The molecule has 2 aliphatic rings. The largest absolute Gasteiger partial charge is 0.347 e. The summed E-state index contributed by atoms with van der Waals surface area (Å²) in [4.78, 5) is 14.6. The van der Waals surface area contributed by atoms with Crippen LogP contribution in [0.15, 0.2) is 6.07 Å². The average Bonchev–Trinajstić information content (AvgIpc) is 2.85. The second-order valence-electron chi connectivity index (χ2n) is 5.65. The summed E-state index contributed by atoms with van der Waals surface area (Å²) in [6.07, 6.45) is 9.22. The quantitative estimate of drug-likeness (QED) is 0.824. The number of amides is 1. The number of nitrogens with one attached hydrogen (secondary N) is 1. The van der Waals surface area contributed by atoms with Crippen LogP contribution in [0.5, 0.6) is 0 Å². The van der Waals surface area contributed by atoms with Gasteiger partial charge in [-0.15, -0.1) is 22.9 Å². The summed E-state index contributed by atoms with van der Waals surface area (Å²) in [5.74, 6) is 0.0805. The first kappa shape index (κ1) is 13.4. The molecule has 0 aromatic carbocycles. The summed E-state index contributed by atoms with van der Waals surface area (Å²) in [7, 11) is 0. The Balaban J connectivity index is 1.68. The zero-order valence-corrected chi connectivity index (χ0v) is 12.7. The molecule has 1 aromatic rings. The van der Waals surface area contributed by atoms with Gasteiger partial charge in [0.05, 0.1) is 10.3 Å². The standard InChI is InChI=1S/C15H20ClNOS/c16-11-6-2-3-7-12(11)17-15(18)14-9-10-5-1-4-8-13(10)19-14/h9,11-12H,1-8H2,(H,17,18). The molecule has 4 heteroatoms. The van der Waals surface area contributed by atoms with Gasteiger partial charge in [-0.05, 0) is 50.2 Å². The Kier molecular flexibility index (Phi) is 4.13. The first-order valence-electron chi connectivity index (χ1n) is 7.30. The maximum absolute atomic E-state index is 12.3. The summed E-state index contributed by atoms with van der Waals surface area (Å²) in [6, 6.07) is 2.25. The van der Waals surface area contributed by atoms with Crippen molar-refractivity contribution in [2.45, 2.75) is 62.8 Å². The van der Waals surface area contributed by atoms with Crippen molar-refractivity contribution < 1.29 is 4.79 Å². The Labute approximate surface area is 123 Å². The van der Waals surface area contributed by atoms with Crippen molar-refractivity contribution in [3.8, 4) is 0 Å². The zero-order valence-electron chi connectivity index (χ0n) is 11.1. The van der Waals surface area contributed by atoms with Crippen LogP contribution in [0.2, 0.25) is 0 Å². The van der Waals surface area contributed by atoms with Gasteiger partial charge in [0.2, 0.25) is 0 Å². The minimum absolute atomic E-state index is 0.0805. The molecule has 0 bridgehead atoms. The number of aryl methyl sites for hydroxylation is 2. The highest BCUT2D eigenvalue weighted by Gasteiger charge is 2.26. The lowest BCUT2D eigenvalue weighted by Crippen LogP contribution is -2.42. The van der Waals surface area contributed by atoms with Crippen molar-refractivity contribution in [2.75, 3.05) is 0 Å². The van der Waals surface area contributed by atoms with Gasteiger partial charge < -0.3 is 5.32 Å². The van der Waals surface area contributed by atoms with E-state index < -0.39 is 0 Å². The van der Waals surface area contributed by atoms with Gasteiger partial charge in [0.15, 0.2) is 0 Å². The summed E-state index contributed by atoms with van der Waals surface area (Å²) in [5, 5.41) is 3.24. The molecule has 1 heterocycles. The highest BCUT2D eigenvalue weighted by molar-refractivity contribution is 7.14. The molecule has 1 amide bonds. The fraction of sp³-hybridized carbons (Fsp3) is 0.667. The van der Waals surface area contributed by atoms with Crippen molar-refractivity contribution in [1.29, 1.82) is 0 Å². The molecule has 0 radical (unpaired) electrons. The monoisotopic (exact) mass is 297 g/mol. The predicted molar refractivity (Wildman–Crippen MR) is 80.3 cm³/mol. The third-order valence-corrected chi connectivity index (χ3v) is 5.98. The maximum atomic E-state index is 12.3. The number of hydrogen-bond donors (Lipinski definition) is 1. The van der Waals surface area contributed by atoms with Gasteiger partial charge in [0, 0.05) is 10.9 Å². The molecule has 104 valence electrons. The SMILES string of the molecule is O=C(NC1CCCCC1Cl)c1cc2c(s1)CCCC2. The van der Waals surface area contributed by atoms with Crippen LogP contribution in [0, 0.1) is 0 Å². The van der Waals surface area contributed by atoms with Gasteiger partial charge in [0.1, 0.15) is 0 Å². The Morgan fingerprint density at radius 1 is 1.21 bits per heavy atom. The predicted octanol–water partition coefficient (Wildman–Crippen LogP) is 3.91. The normalized spacial score (nSPS) is 26.8. The van der Waals surface area contributed by atoms with Gasteiger partial charge in [-0.1, -0.05) is 12.8 Å². The van der Waals surface area contributed by atoms with E-state index in [2.05, 4.69) is 11.4 Å². The van der Waals surface area contributed by atoms with Crippen LogP contribution in [0.1, 0.15) is 58.6 Å². The van der Waals surface area contributed by atoms with E-state index in [0.717, 1.165) is 30.6 Å². The topological polar surface area (TPSA) is 29.1 Å². The number of alkyl halides is 1. The van der Waals surface area contributed by atoms with Crippen molar-refractivity contribution in [2.24, 2.45) is 0 Å². The molecular formula is C15H20ClNOS. The van der Waals surface area contributed by atoms with Gasteiger partial charge >= 0.3 is 0 Å². The van der Waals surface area contributed by atoms with E-state index in [1.54, 1.807) is 11.3 Å². The van der Waals surface area contributed by atoms with Crippen LogP contribution in [0.25, 0.3) is 0 Å². The fourth-order valence-electron chi connectivity index (χ4n) is 3.09. The van der Waals surface area contributed by atoms with Gasteiger partial charge in [-0.3, -0.25) is 4.79 Å². The first-order chi connectivity index (χ1) is 9.24. The van der Waals surface area contributed by atoms with Crippen LogP contribution in [0.3, 0.4) is 0 Å². The van der Waals surface area contributed by atoms with Crippen molar-refractivity contribution in [3.63, 3.8) is 0 Å². The number of fused-ring (bicyclic) bond motifs is 1. The second kappa shape index (κ2) is 5.84. The molecule has 0 spiro atoms. The highest BCUT2D eigenvalue weighted by Crippen LogP contribution is 2.30. The Hall–Kier alpha value is -0.540. The van der Waals surface area contributed by atoms with Crippen LogP contribution in [0.4, 0.5) is 0 Å². The number of thiophene rings is 1. The van der Waals surface area contributed by atoms with Gasteiger partial charge in [-0.2, -0.15) is 0 Å². The smallest absolute Gasteiger partial charge is 0.261 e. The molecule has 19 heavy (non-hydrogen) atoms. The summed E-state index contributed by atoms with van der Waals surface area (Å²) >= 11 is 7.98. The molecule has 2 nitrogen and oxygen atoms in total. The zero-order chi connectivity index (χ0) is 13.2. The van der Waals surface area contributed by atoms with E-state index >= 15 is 0 Å². The number of hydrogen-bond acceptors (Lipinski definition) is 2. The van der Waals surface area contributed by atoms with Crippen LogP contribution in [-0.4, -0.2) is 17.3 Å². The minimum Gasteiger partial charge on any atom is -0.347 e. The van der Waals surface area contributed by atoms with Crippen LogP contribution >= 0.6 is 22.9 Å². The third-order valence-electron chi connectivity index (χ3n) is 4.22. The van der Waals surface area contributed by atoms with Crippen LogP contribution in [-0.2, 0) is 12.8 Å². The molecule has 1 aromatic heterocycles. The first-order valence-corrected chi connectivity index (χ1v) is 8.56. The summed E-state index contributed by atoms with van der Waals surface area (Å²) in [6.45, 7) is 0. The van der Waals surface area contributed by atoms with E-state index in [0.29, 0.717) is 0 Å². The lowest BCUT2D eigenvalue weighted by atomic mass is 9.95. The van der Waals surface area contributed by atoms with E-state index in [1.165, 1.54) is 36.1 Å². The van der Waals surface area contributed by atoms with Crippen molar-refractivity contribution in [3.05, 3.63) is 21.4 Å². The van der Waals surface area contributed by atoms with Gasteiger partial charge in [0.25, 0.3) is 5.91 Å². The van der Waals surface area contributed by atoms with E-state index in [1.807, 2.05) is 0 Å². The number of rotatable bonds is 2. The lowest BCUT2D eigenvalue weighted by Gasteiger charge is -2.27. The van der Waals surface area contributed by atoms with Gasteiger partial charge in [-0.25, -0.2) is 0 Å². The minimum atomic E-state index is 0.0805. The van der Waals surface area contributed by atoms with Crippen LogP contribution < -0.4 is 5.32 Å². The van der Waals surface area contributed by atoms with E-state index in [-0.39, 0.29) is 17.3 Å².